The van der Waals surface area contributed by atoms with Gasteiger partial charge < -0.3 is 15.6 Å². The van der Waals surface area contributed by atoms with Crippen LogP contribution >= 0.6 is 11.3 Å². The first kappa shape index (κ1) is 14.0. The van der Waals surface area contributed by atoms with Crippen LogP contribution in [-0.2, 0) is 4.74 Å². The molecule has 0 amide bonds. The molecule has 5 heteroatoms. The summed E-state index contributed by atoms with van der Waals surface area (Å²) in [7, 11) is 0. The van der Waals surface area contributed by atoms with Crippen LogP contribution in [0.3, 0.4) is 0 Å². The average molecular weight is 270 g/mol. The molecular weight excluding hydrogens is 248 g/mol. The number of rotatable bonds is 5. The Bertz CT molecular complexity index is 345. The standard InChI is InChI=1S/C13H22N2O2S/c1-2-11(14)13(12-4-3-7-18-12)15-5-6-17-10(8-15)9-16/h3-4,7,10-11,13,16H,2,5-6,8-9,14H2,1H3. The van der Waals surface area contributed by atoms with Gasteiger partial charge in [-0.15, -0.1) is 11.3 Å². The van der Waals surface area contributed by atoms with Crippen LogP contribution in [0.4, 0.5) is 0 Å². The lowest BCUT2D eigenvalue weighted by atomic mass is 10.0. The van der Waals surface area contributed by atoms with E-state index in [1.54, 1.807) is 11.3 Å². The topological polar surface area (TPSA) is 58.7 Å². The Kier molecular flexibility index (Phi) is 5.14. The fraction of sp³-hybridized carbons (Fsp3) is 0.692. The number of nitrogens with two attached hydrogens (primary N) is 1. The molecule has 3 unspecified atom stereocenters. The van der Waals surface area contributed by atoms with Gasteiger partial charge in [-0.3, -0.25) is 4.90 Å². The van der Waals surface area contributed by atoms with Gasteiger partial charge >= 0.3 is 0 Å². The van der Waals surface area contributed by atoms with Gasteiger partial charge in [-0.2, -0.15) is 0 Å². The second-order valence-electron chi connectivity index (χ2n) is 4.70. The highest BCUT2D eigenvalue weighted by atomic mass is 32.1. The molecule has 1 aromatic rings. The van der Waals surface area contributed by atoms with Gasteiger partial charge in [0.25, 0.3) is 0 Å². The van der Waals surface area contributed by atoms with Gasteiger partial charge in [-0.1, -0.05) is 13.0 Å². The van der Waals surface area contributed by atoms with E-state index in [1.165, 1.54) is 4.88 Å². The number of aliphatic hydroxyl groups is 1. The quantitative estimate of drug-likeness (QED) is 0.844. The Morgan fingerprint density at radius 1 is 1.67 bits per heavy atom. The lowest BCUT2D eigenvalue weighted by Gasteiger charge is -2.39. The van der Waals surface area contributed by atoms with Crippen molar-refractivity contribution in [3.63, 3.8) is 0 Å². The van der Waals surface area contributed by atoms with Crippen LogP contribution < -0.4 is 5.73 Å². The molecule has 0 bridgehead atoms. The molecule has 3 N–H and O–H groups in total. The number of thiophene rings is 1. The third-order valence-corrected chi connectivity index (χ3v) is 4.42. The van der Waals surface area contributed by atoms with Gasteiger partial charge in [0.1, 0.15) is 0 Å². The zero-order valence-corrected chi connectivity index (χ0v) is 11.6. The Morgan fingerprint density at radius 3 is 3.11 bits per heavy atom. The lowest BCUT2D eigenvalue weighted by Crippen LogP contribution is -2.50. The van der Waals surface area contributed by atoms with E-state index in [0.29, 0.717) is 6.61 Å². The largest absolute Gasteiger partial charge is 0.394 e. The molecule has 1 fully saturated rings. The fourth-order valence-corrected chi connectivity index (χ4v) is 3.38. The van der Waals surface area contributed by atoms with Crippen molar-refractivity contribution in [2.75, 3.05) is 26.3 Å². The number of morpholine rings is 1. The van der Waals surface area contributed by atoms with Crippen molar-refractivity contribution in [1.82, 2.24) is 4.90 Å². The van der Waals surface area contributed by atoms with Gasteiger partial charge in [-0.25, -0.2) is 0 Å². The number of ether oxygens (including phenoxy) is 1. The van der Waals surface area contributed by atoms with E-state index in [2.05, 4.69) is 29.3 Å². The molecule has 1 aromatic heterocycles. The minimum atomic E-state index is -0.0785. The average Bonchev–Trinajstić information content (AvgIpc) is 2.93. The summed E-state index contributed by atoms with van der Waals surface area (Å²) in [6, 6.07) is 4.59. The third kappa shape index (κ3) is 3.10. The van der Waals surface area contributed by atoms with E-state index in [-0.39, 0.29) is 24.8 Å². The molecule has 1 saturated heterocycles. The normalized spacial score (nSPS) is 24.9. The molecule has 0 aliphatic carbocycles. The number of nitrogens with zero attached hydrogens (tertiary/aromatic N) is 1. The highest BCUT2D eigenvalue weighted by molar-refractivity contribution is 7.10. The summed E-state index contributed by atoms with van der Waals surface area (Å²) in [5, 5.41) is 11.3. The molecule has 2 rings (SSSR count). The summed E-state index contributed by atoms with van der Waals surface area (Å²) in [6.07, 6.45) is 0.870. The maximum atomic E-state index is 9.24. The minimum Gasteiger partial charge on any atom is -0.394 e. The fourth-order valence-electron chi connectivity index (χ4n) is 2.45. The van der Waals surface area contributed by atoms with E-state index in [9.17, 15) is 5.11 Å². The van der Waals surface area contributed by atoms with Crippen molar-refractivity contribution in [2.45, 2.75) is 31.5 Å². The van der Waals surface area contributed by atoms with E-state index >= 15 is 0 Å². The predicted octanol–water partition coefficient (Wildman–Crippen LogP) is 1.22. The number of aliphatic hydroxyl groups excluding tert-OH is 1. The van der Waals surface area contributed by atoms with E-state index in [0.717, 1.165) is 19.5 Å². The summed E-state index contributed by atoms with van der Waals surface area (Å²) >= 11 is 1.75. The van der Waals surface area contributed by atoms with Crippen LogP contribution in [0.25, 0.3) is 0 Å². The van der Waals surface area contributed by atoms with Crippen molar-refractivity contribution in [1.29, 1.82) is 0 Å². The molecule has 102 valence electrons. The summed E-state index contributed by atoms with van der Waals surface area (Å²) in [5.74, 6) is 0. The summed E-state index contributed by atoms with van der Waals surface area (Å²) in [4.78, 5) is 3.66. The van der Waals surface area contributed by atoms with Crippen molar-refractivity contribution in [3.05, 3.63) is 22.4 Å². The van der Waals surface area contributed by atoms with Crippen LogP contribution in [0, 0.1) is 0 Å². The van der Waals surface area contributed by atoms with Crippen molar-refractivity contribution in [3.8, 4) is 0 Å². The molecule has 1 aliphatic rings. The van der Waals surface area contributed by atoms with Crippen molar-refractivity contribution >= 4 is 11.3 Å². The van der Waals surface area contributed by atoms with E-state index in [1.807, 2.05) is 0 Å². The molecule has 2 heterocycles. The molecule has 0 aromatic carbocycles. The number of hydrogen-bond donors (Lipinski definition) is 2. The Hall–Kier alpha value is -0.460. The first-order valence-electron chi connectivity index (χ1n) is 6.51. The smallest absolute Gasteiger partial charge is 0.0933 e. The van der Waals surface area contributed by atoms with Crippen LogP contribution in [0.5, 0.6) is 0 Å². The molecule has 18 heavy (non-hydrogen) atoms. The predicted molar refractivity (Wildman–Crippen MR) is 73.7 cm³/mol. The molecule has 0 radical (unpaired) electrons. The maximum Gasteiger partial charge on any atom is 0.0933 e. The maximum absolute atomic E-state index is 9.24. The zero-order valence-electron chi connectivity index (χ0n) is 10.8. The molecule has 3 atom stereocenters. The van der Waals surface area contributed by atoms with Crippen molar-refractivity contribution in [2.24, 2.45) is 5.73 Å². The van der Waals surface area contributed by atoms with E-state index in [4.69, 9.17) is 10.5 Å². The van der Waals surface area contributed by atoms with Gasteiger partial charge in [0.05, 0.1) is 25.4 Å². The second kappa shape index (κ2) is 6.63. The lowest BCUT2D eigenvalue weighted by molar-refractivity contribution is -0.0678. The summed E-state index contributed by atoms with van der Waals surface area (Å²) < 4.78 is 5.51. The first-order valence-corrected chi connectivity index (χ1v) is 7.39. The molecule has 4 nitrogen and oxygen atoms in total. The van der Waals surface area contributed by atoms with Gasteiger partial charge in [0, 0.05) is 24.0 Å². The first-order chi connectivity index (χ1) is 8.76. The van der Waals surface area contributed by atoms with Crippen LogP contribution in [-0.4, -0.2) is 48.5 Å². The van der Waals surface area contributed by atoms with Gasteiger partial charge in [0.15, 0.2) is 0 Å². The highest BCUT2D eigenvalue weighted by Crippen LogP contribution is 2.30. The van der Waals surface area contributed by atoms with Crippen LogP contribution in [0.1, 0.15) is 24.3 Å². The van der Waals surface area contributed by atoms with Gasteiger partial charge in [-0.05, 0) is 17.9 Å². The Labute approximate surface area is 112 Å². The summed E-state index contributed by atoms with van der Waals surface area (Å²) in [6.45, 7) is 4.51. The monoisotopic (exact) mass is 270 g/mol. The molecule has 1 aliphatic heterocycles. The SMILES string of the molecule is CCC(N)C(c1cccs1)N1CCOC(CO)C1. The third-order valence-electron chi connectivity index (χ3n) is 3.48. The summed E-state index contributed by atoms with van der Waals surface area (Å²) in [5.41, 5.74) is 6.29. The van der Waals surface area contributed by atoms with Gasteiger partial charge in [0.2, 0.25) is 0 Å². The van der Waals surface area contributed by atoms with Crippen molar-refractivity contribution < 1.29 is 9.84 Å². The van der Waals surface area contributed by atoms with E-state index < -0.39 is 0 Å². The molecular formula is C13H22N2O2S. The van der Waals surface area contributed by atoms with Crippen LogP contribution in [0.2, 0.25) is 0 Å². The minimum absolute atomic E-state index is 0.0784. The Balaban J connectivity index is 2.13. The zero-order chi connectivity index (χ0) is 13.0. The van der Waals surface area contributed by atoms with Crippen LogP contribution in [0.15, 0.2) is 17.5 Å². The Morgan fingerprint density at radius 2 is 2.50 bits per heavy atom. The second-order valence-corrected chi connectivity index (χ2v) is 5.68. The highest BCUT2D eigenvalue weighted by Gasteiger charge is 2.30. The number of hydrogen-bond acceptors (Lipinski definition) is 5. The molecule has 0 spiro atoms. The molecule has 0 saturated carbocycles.